The fourth-order valence-electron chi connectivity index (χ4n) is 3.95. The van der Waals surface area contributed by atoms with Gasteiger partial charge in [0.15, 0.2) is 0 Å². The van der Waals surface area contributed by atoms with Crippen molar-refractivity contribution in [3.05, 3.63) is 12.3 Å². The van der Waals surface area contributed by atoms with E-state index in [0.717, 1.165) is 13.0 Å². The van der Waals surface area contributed by atoms with Crippen LogP contribution in [0, 0.1) is 5.41 Å². The van der Waals surface area contributed by atoms with Gasteiger partial charge in [0.25, 0.3) is 0 Å². The first-order valence-electron chi connectivity index (χ1n) is 8.03. The zero-order valence-corrected chi connectivity index (χ0v) is 13.0. The number of hydrogen-bond acceptors (Lipinski definition) is 5. The van der Waals surface area contributed by atoms with Crippen LogP contribution in [0.15, 0.2) is 12.3 Å². The fraction of sp³-hybridized carbons (Fsp3) is 0.750. The van der Waals surface area contributed by atoms with Crippen molar-refractivity contribution in [3.63, 3.8) is 0 Å². The van der Waals surface area contributed by atoms with Crippen LogP contribution in [0.1, 0.15) is 45.4 Å². The predicted molar refractivity (Wildman–Crippen MR) is 81.5 cm³/mol. The van der Waals surface area contributed by atoms with Crippen LogP contribution in [0.5, 0.6) is 5.88 Å². The van der Waals surface area contributed by atoms with Gasteiger partial charge in [-0.25, -0.2) is 4.98 Å². The summed E-state index contributed by atoms with van der Waals surface area (Å²) in [5, 5.41) is 3.52. The zero-order chi connectivity index (χ0) is 14.7. The normalized spacial score (nSPS) is 27.1. The van der Waals surface area contributed by atoms with Crippen LogP contribution in [0.25, 0.3) is 0 Å². The molecule has 2 fully saturated rings. The lowest BCUT2D eigenvalue weighted by Crippen LogP contribution is -2.62. The molecule has 2 aliphatic carbocycles. The van der Waals surface area contributed by atoms with E-state index in [4.69, 9.17) is 9.47 Å². The first-order valence-corrected chi connectivity index (χ1v) is 8.03. The van der Waals surface area contributed by atoms with Gasteiger partial charge in [-0.1, -0.05) is 19.3 Å². The Morgan fingerprint density at radius 1 is 1.33 bits per heavy atom. The maximum absolute atomic E-state index is 5.98. The number of aromatic nitrogens is 2. The molecule has 1 spiro atoms. The zero-order valence-electron chi connectivity index (χ0n) is 13.0. The molecule has 1 N–H and O–H groups in total. The van der Waals surface area contributed by atoms with E-state index >= 15 is 0 Å². The summed E-state index contributed by atoms with van der Waals surface area (Å²) in [5.74, 6) is 1.27. The fourth-order valence-corrected chi connectivity index (χ4v) is 3.95. The monoisotopic (exact) mass is 291 g/mol. The van der Waals surface area contributed by atoms with Gasteiger partial charge in [-0.3, -0.25) is 0 Å². The van der Waals surface area contributed by atoms with Crippen LogP contribution in [-0.2, 0) is 4.74 Å². The molecule has 2 atom stereocenters. The van der Waals surface area contributed by atoms with E-state index in [1.54, 1.807) is 19.4 Å². The lowest BCUT2D eigenvalue weighted by atomic mass is 9.55. The third-order valence-corrected chi connectivity index (χ3v) is 5.08. The van der Waals surface area contributed by atoms with Crippen molar-refractivity contribution < 1.29 is 9.47 Å². The SMILES string of the molecule is CCO[C@H]1C[C@@H](Nc2nccc(OC)n2)C12CCCCC2. The van der Waals surface area contributed by atoms with Gasteiger partial charge in [-0.2, -0.15) is 4.98 Å². The van der Waals surface area contributed by atoms with Gasteiger partial charge in [-0.05, 0) is 26.2 Å². The van der Waals surface area contributed by atoms with Gasteiger partial charge in [0, 0.05) is 30.3 Å². The van der Waals surface area contributed by atoms with Crippen molar-refractivity contribution in [2.45, 2.75) is 57.6 Å². The molecular formula is C16H25N3O2. The van der Waals surface area contributed by atoms with Crippen LogP contribution in [-0.4, -0.2) is 35.8 Å². The van der Waals surface area contributed by atoms with Gasteiger partial charge < -0.3 is 14.8 Å². The quantitative estimate of drug-likeness (QED) is 0.903. The third kappa shape index (κ3) is 2.71. The number of nitrogens with zero attached hydrogens (tertiary/aromatic N) is 2. The summed E-state index contributed by atoms with van der Waals surface area (Å²) in [7, 11) is 1.63. The number of hydrogen-bond donors (Lipinski definition) is 1. The minimum absolute atomic E-state index is 0.278. The first-order chi connectivity index (χ1) is 10.3. The molecule has 0 unspecified atom stereocenters. The van der Waals surface area contributed by atoms with E-state index in [-0.39, 0.29) is 5.41 Å². The second kappa shape index (κ2) is 6.18. The predicted octanol–water partition coefficient (Wildman–Crippen LogP) is 3.03. The summed E-state index contributed by atoms with van der Waals surface area (Å²) >= 11 is 0. The molecule has 5 nitrogen and oxygen atoms in total. The Balaban J connectivity index is 1.72. The highest BCUT2D eigenvalue weighted by atomic mass is 16.5. The molecule has 116 valence electrons. The first kappa shape index (κ1) is 14.6. The van der Waals surface area contributed by atoms with E-state index in [1.165, 1.54) is 32.1 Å². The number of methoxy groups -OCH3 is 1. The lowest BCUT2D eigenvalue weighted by molar-refractivity contribution is -0.134. The van der Waals surface area contributed by atoms with Crippen LogP contribution in [0.3, 0.4) is 0 Å². The van der Waals surface area contributed by atoms with Crippen molar-refractivity contribution in [1.82, 2.24) is 9.97 Å². The summed E-state index contributed by atoms with van der Waals surface area (Å²) in [4.78, 5) is 8.69. The molecule has 1 aromatic heterocycles. The molecule has 0 saturated heterocycles. The summed E-state index contributed by atoms with van der Waals surface area (Å²) in [5.41, 5.74) is 0.278. The highest BCUT2D eigenvalue weighted by Crippen LogP contribution is 2.54. The van der Waals surface area contributed by atoms with E-state index in [1.807, 2.05) is 0 Å². The Morgan fingerprint density at radius 3 is 2.86 bits per heavy atom. The average Bonchev–Trinajstić information content (AvgIpc) is 2.55. The van der Waals surface area contributed by atoms with E-state index in [0.29, 0.717) is 24.0 Å². The highest BCUT2D eigenvalue weighted by molar-refractivity contribution is 5.32. The molecule has 5 heteroatoms. The van der Waals surface area contributed by atoms with Crippen molar-refractivity contribution in [2.75, 3.05) is 19.0 Å². The Kier molecular flexibility index (Phi) is 4.29. The number of nitrogens with one attached hydrogen (secondary N) is 1. The number of ether oxygens (including phenoxy) is 2. The number of rotatable bonds is 5. The van der Waals surface area contributed by atoms with Crippen molar-refractivity contribution >= 4 is 5.95 Å². The van der Waals surface area contributed by atoms with Crippen LogP contribution in [0.2, 0.25) is 0 Å². The Morgan fingerprint density at radius 2 is 2.14 bits per heavy atom. The number of anilines is 1. The molecule has 21 heavy (non-hydrogen) atoms. The molecule has 0 aliphatic heterocycles. The summed E-state index contributed by atoms with van der Waals surface area (Å²) in [6.07, 6.45) is 9.64. The molecule has 2 saturated carbocycles. The van der Waals surface area contributed by atoms with Gasteiger partial charge in [0.1, 0.15) is 0 Å². The lowest BCUT2D eigenvalue weighted by Gasteiger charge is -2.57. The molecule has 1 aromatic rings. The molecule has 1 heterocycles. The van der Waals surface area contributed by atoms with Crippen molar-refractivity contribution in [2.24, 2.45) is 5.41 Å². The molecule has 3 rings (SSSR count). The summed E-state index contributed by atoms with van der Waals surface area (Å²) < 4.78 is 11.1. The van der Waals surface area contributed by atoms with Gasteiger partial charge in [-0.15, -0.1) is 0 Å². The smallest absolute Gasteiger partial charge is 0.226 e. The maximum atomic E-state index is 5.98. The third-order valence-electron chi connectivity index (χ3n) is 5.08. The molecule has 0 aromatic carbocycles. The largest absolute Gasteiger partial charge is 0.481 e. The van der Waals surface area contributed by atoms with Gasteiger partial charge >= 0.3 is 0 Å². The minimum Gasteiger partial charge on any atom is -0.481 e. The highest BCUT2D eigenvalue weighted by Gasteiger charge is 2.55. The average molecular weight is 291 g/mol. The molecule has 2 aliphatic rings. The standard InChI is InChI=1S/C16H25N3O2/c1-3-21-13-11-12(16(13)8-5-4-6-9-16)18-15-17-10-7-14(19-15)20-2/h7,10,12-13H,3-6,8-9,11H2,1-2H3,(H,17,18,19)/t12-,13+/m1/s1. The van der Waals surface area contributed by atoms with Gasteiger partial charge in [0.2, 0.25) is 11.8 Å². The van der Waals surface area contributed by atoms with Crippen LogP contribution >= 0.6 is 0 Å². The van der Waals surface area contributed by atoms with Crippen molar-refractivity contribution in [1.29, 1.82) is 0 Å². The van der Waals surface area contributed by atoms with Crippen LogP contribution < -0.4 is 10.1 Å². The van der Waals surface area contributed by atoms with Crippen LogP contribution in [0.4, 0.5) is 5.95 Å². The Labute approximate surface area is 126 Å². The summed E-state index contributed by atoms with van der Waals surface area (Å²) in [6, 6.07) is 2.19. The Hall–Kier alpha value is -1.36. The van der Waals surface area contributed by atoms with E-state index in [9.17, 15) is 0 Å². The topological polar surface area (TPSA) is 56.3 Å². The molecular weight excluding hydrogens is 266 g/mol. The van der Waals surface area contributed by atoms with Crippen molar-refractivity contribution in [3.8, 4) is 5.88 Å². The minimum atomic E-state index is 0.278. The van der Waals surface area contributed by atoms with Gasteiger partial charge in [0.05, 0.1) is 13.2 Å². The molecule has 0 bridgehead atoms. The molecule has 0 amide bonds. The Bertz CT molecular complexity index is 474. The van der Waals surface area contributed by atoms with E-state index < -0.39 is 0 Å². The maximum Gasteiger partial charge on any atom is 0.226 e. The second-order valence-corrected chi connectivity index (χ2v) is 6.09. The van der Waals surface area contributed by atoms with E-state index in [2.05, 4.69) is 22.2 Å². The second-order valence-electron chi connectivity index (χ2n) is 6.09. The molecule has 0 radical (unpaired) electrons. The summed E-state index contributed by atoms with van der Waals surface area (Å²) in [6.45, 7) is 2.89.